The molecule has 2 aromatic heterocycles. The summed E-state index contributed by atoms with van der Waals surface area (Å²) < 4.78 is 2.90. The highest BCUT2D eigenvalue weighted by Crippen LogP contribution is 2.37. The molecule has 2 atom stereocenters. The molecular weight excluding hydrogens is 366 g/mol. The number of rotatable bonds is 3. The topological polar surface area (TPSA) is 90.1 Å². The number of aryl methyl sites for hydroxylation is 1. The summed E-state index contributed by atoms with van der Waals surface area (Å²) in [6.45, 7) is 3.97. The van der Waals surface area contributed by atoms with E-state index in [0.29, 0.717) is 43.6 Å². The summed E-state index contributed by atoms with van der Waals surface area (Å²) in [7, 11) is 0. The molecule has 142 valence electrons. The fraction of sp³-hybridized carbons (Fsp3) is 0.611. The van der Waals surface area contributed by atoms with Crippen LogP contribution in [0.1, 0.15) is 46.5 Å². The molecule has 0 spiro atoms. The third-order valence-corrected chi connectivity index (χ3v) is 6.91. The van der Waals surface area contributed by atoms with Crippen LogP contribution in [0.15, 0.2) is 15.0 Å². The van der Waals surface area contributed by atoms with Crippen molar-refractivity contribution in [1.82, 2.24) is 24.2 Å². The van der Waals surface area contributed by atoms with Crippen LogP contribution in [0.3, 0.4) is 0 Å². The van der Waals surface area contributed by atoms with Crippen LogP contribution < -0.4 is 11.1 Å². The highest BCUT2D eigenvalue weighted by molar-refractivity contribution is 7.09. The summed E-state index contributed by atoms with van der Waals surface area (Å²) in [6.07, 6.45) is 3.36. The van der Waals surface area contributed by atoms with Crippen LogP contribution in [-0.2, 0) is 13.1 Å². The minimum absolute atomic E-state index is 0.00891. The normalized spacial score (nSPS) is 24.0. The van der Waals surface area contributed by atoms with Gasteiger partial charge < -0.3 is 4.90 Å². The molecule has 4 heterocycles. The maximum Gasteiger partial charge on any atom is 0.332 e. The first-order chi connectivity index (χ1) is 13.0. The maximum atomic E-state index is 12.7. The van der Waals surface area contributed by atoms with Gasteiger partial charge in [-0.2, -0.15) is 5.10 Å². The predicted octanol–water partition coefficient (Wildman–Crippen LogP) is 0.839. The molecule has 0 bridgehead atoms. The molecule has 2 aliphatic heterocycles. The highest BCUT2D eigenvalue weighted by atomic mass is 32.1. The lowest BCUT2D eigenvalue weighted by atomic mass is 9.85. The molecule has 0 aromatic carbocycles. The van der Waals surface area contributed by atoms with Gasteiger partial charge in [-0.25, -0.2) is 9.67 Å². The van der Waals surface area contributed by atoms with E-state index >= 15 is 0 Å². The number of amides is 1. The largest absolute Gasteiger partial charge is 0.336 e. The lowest BCUT2D eigenvalue weighted by Gasteiger charge is -2.25. The van der Waals surface area contributed by atoms with E-state index < -0.39 is 11.1 Å². The minimum atomic E-state index is -0.517. The van der Waals surface area contributed by atoms with E-state index in [-0.39, 0.29) is 17.7 Å². The van der Waals surface area contributed by atoms with Crippen molar-refractivity contribution in [2.75, 3.05) is 13.1 Å². The number of aromatic nitrogens is 4. The average Bonchev–Trinajstić information content (AvgIpc) is 3.29. The molecule has 1 aliphatic carbocycles. The molecular formula is C18H21N5O3S. The van der Waals surface area contributed by atoms with Gasteiger partial charge >= 0.3 is 11.1 Å². The van der Waals surface area contributed by atoms with Crippen molar-refractivity contribution in [3.8, 4) is 0 Å². The fourth-order valence-electron chi connectivity index (χ4n) is 4.42. The van der Waals surface area contributed by atoms with Crippen molar-refractivity contribution in [2.45, 2.75) is 45.2 Å². The Balaban J connectivity index is 1.42. The number of likely N-dealkylation sites (tertiary alicyclic amines) is 1. The van der Waals surface area contributed by atoms with E-state index in [4.69, 9.17) is 0 Å². The van der Waals surface area contributed by atoms with Crippen LogP contribution in [-0.4, -0.2) is 43.2 Å². The summed E-state index contributed by atoms with van der Waals surface area (Å²) in [5.41, 5.74) is -0.504. The Bertz CT molecular complexity index is 1030. The highest BCUT2D eigenvalue weighted by Gasteiger charge is 2.44. The monoisotopic (exact) mass is 387 g/mol. The maximum absolute atomic E-state index is 12.7. The van der Waals surface area contributed by atoms with E-state index in [1.165, 1.54) is 27.0 Å². The Labute approximate surface area is 159 Å². The number of hydrogen-bond acceptors (Lipinski definition) is 6. The van der Waals surface area contributed by atoms with E-state index in [1.807, 2.05) is 6.92 Å². The molecule has 27 heavy (non-hydrogen) atoms. The van der Waals surface area contributed by atoms with E-state index in [1.54, 1.807) is 10.3 Å². The number of carbonyl (C=O) groups excluding carboxylic acids is 1. The number of hydrogen-bond donors (Lipinski definition) is 0. The van der Waals surface area contributed by atoms with Crippen LogP contribution in [0.5, 0.6) is 0 Å². The Morgan fingerprint density at radius 3 is 2.70 bits per heavy atom. The van der Waals surface area contributed by atoms with Crippen molar-refractivity contribution in [3.63, 3.8) is 0 Å². The van der Waals surface area contributed by atoms with Gasteiger partial charge in [0.1, 0.15) is 11.5 Å². The Kier molecular flexibility index (Phi) is 3.82. The van der Waals surface area contributed by atoms with Gasteiger partial charge in [-0.05, 0) is 25.7 Å². The number of fused-ring (bicyclic) bond motifs is 3. The Morgan fingerprint density at radius 2 is 2.04 bits per heavy atom. The fourth-order valence-corrected chi connectivity index (χ4v) is 5.01. The second kappa shape index (κ2) is 6.12. The second-order valence-corrected chi connectivity index (χ2v) is 8.95. The summed E-state index contributed by atoms with van der Waals surface area (Å²) >= 11 is 1.47. The minimum Gasteiger partial charge on any atom is -0.336 e. The van der Waals surface area contributed by atoms with E-state index in [9.17, 15) is 14.4 Å². The average molecular weight is 387 g/mol. The van der Waals surface area contributed by atoms with E-state index in [2.05, 4.69) is 10.1 Å². The quantitative estimate of drug-likeness (QED) is 0.728. The molecule has 2 aromatic rings. The third-order valence-electron chi connectivity index (χ3n) is 6.13. The van der Waals surface area contributed by atoms with Crippen LogP contribution in [0.2, 0.25) is 0 Å². The Hall–Kier alpha value is -2.29. The molecule has 2 fully saturated rings. The first kappa shape index (κ1) is 16.9. The SMILES string of the molecule is Cc1nc(C(=O)N2C[C@@H]3Cn4c(nn(CC5CCC5)c(=O)c4=O)[C@@H]3C2)cs1. The standard InChI is InChI=1S/C18H21N5O3S/c1-10-19-14(9-27-10)16(24)21-6-12-7-22-15(13(12)8-21)20-23(18(26)17(22)25)5-11-3-2-4-11/h9,11-13H,2-8H2,1H3/t12-,13-/m1/s1. The van der Waals surface area contributed by atoms with Gasteiger partial charge in [-0.3, -0.25) is 19.0 Å². The van der Waals surface area contributed by atoms with Gasteiger partial charge in [-0.1, -0.05) is 6.42 Å². The molecule has 1 saturated heterocycles. The molecule has 0 radical (unpaired) electrons. The van der Waals surface area contributed by atoms with Gasteiger partial charge in [0.15, 0.2) is 0 Å². The van der Waals surface area contributed by atoms with Gasteiger partial charge in [0, 0.05) is 43.4 Å². The molecule has 0 N–H and O–H groups in total. The predicted molar refractivity (Wildman–Crippen MR) is 99.1 cm³/mol. The van der Waals surface area contributed by atoms with Gasteiger partial charge in [0.05, 0.1) is 5.01 Å². The van der Waals surface area contributed by atoms with Crippen molar-refractivity contribution in [3.05, 3.63) is 42.6 Å². The summed E-state index contributed by atoms with van der Waals surface area (Å²) in [5.74, 6) is 1.19. The van der Waals surface area contributed by atoms with Crippen molar-refractivity contribution in [1.29, 1.82) is 0 Å². The molecule has 1 saturated carbocycles. The van der Waals surface area contributed by atoms with Gasteiger partial charge in [-0.15, -0.1) is 11.3 Å². The molecule has 1 amide bonds. The first-order valence-corrected chi connectivity index (χ1v) is 10.3. The first-order valence-electron chi connectivity index (χ1n) is 9.44. The van der Waals surface area contributed by atoms with Crippen LogP contribution in [0, 0.1) is 18.8 Å². The lowest BCUT2D eigenvalue weighted by molar-refractivity contribution is 0.0777. The molecule has 9 heteroatoms. The zero-order valence-electron chi connectivity index (χ0n) is 15.1. The number of thiazole rings is 1. The summed E-state index contributed by atoms with van der Waals surface area (Å²) in [4.78, 5) is 43.7. The van der Waals surface area contributed by atoms with Gasteiger partial charge in [0.2, 0.25) is 0 Å². The second-order valence-electron chi connectivity index (χ2n) is 7.89. The van der Waals surface area contributed by atoms with Crippen molar-refractivity contribution < 1.29 is 4.79 Å². The molecule has 5 rings (SSSR count). The Morgan fingerprint density at radius 1 is 1.22 bits per heavy atom. The molecule has 8 nitrogen and oxygen atoms in total. The van der Waals surface area contributed by atoms with Crippen LogP contribution in [0.4, 0.5) is 0 Å². The van der Waals surface area contributed by atoms with Crippen molar-refractivity contribution in [2.24, 2.45) is 11.8 Å². The smallest absolute Gasteiger partial charge is 0.332 e. The third kappa shape index (κ3) is 2.67. The summed E-state index contributed by atoms with van der Waals surface area (Å²) in [5, 5.41) is 7.23. The molecule has 3 aliphatic rings. The number of nitrogens with zero attached hydrogens (tertiary/aromatic N) is 5. The van der Waals surface area contributed by atoms with E-state index in [0.717, 1.165) is 17.8 Å². The summed E-state index contributed by atoms with van der Waals surface area (Å²) in [6, 6.07) is 0. The zero-order valence-corrected chi connectivity index (χ0v) is 15.9. The zero-order chi connectivity index (χ0) is 18.7. The molecule has 0 unspecified atom stereocenters. The van der Waals surface area contributed by atoms with Gasteiger partial charge in [0.25, 0.3) is 5.91 Å². The van der Waals surface area contributed by atoms with Crippen molar-refractivity contribution >= 4 is 17.2 Å². The number of carbonyl (C=O) groups is 1. The van der Waals surface area contributed by atoms with Crippen LogP contribution >= 0.6 is 11.3 Å². The lowest BCUT2D eigenvalue weighted by Crippen LogP contribution is -2.45. The van der Waals surface area contributed by atoms with Crippen LogP contribution in [0.25, 0.3) is 0 Å².